The standard InChI is InChI=1S/C12H18N2O2/c13-12(16)11(15)7-4-8-14-9-10-5-2-1-3-6-10/h1-3,5-6,11,14-15H,4,7-9H2,(H2,13,16)/t11-/m0/s1. The molecule has 0 saturated heterocycles. The molecule has 1 amide bonds. The minimum atomic E-state index is -1.02. The van der Waals surface area contributed by atoms with E-state index in [1.54, 1.807) is 0 Å². The molecule has 0 unspecified atom stereocenters. The van der Waals surface area contributed by atoms with Gasteiger partial charge in [-0.05, 0) is 24.9 Å². The molecule has 88 valence electrons. The third-order valence-electron chi connectivity index (χ3n) is 2.33. The van der Waals surface area contributed by atoms with Crippen molar-refractivity contribution < 1.29 is 9.90 Å². The summed E-state index contributed by atoms with van der Waals surface area (Å²) in [7, 11) is 0. The van der Waals surface area contributed by atoms with E-state index in [-0.39, 0.29) is 0 Å². The number of nitrogens with one attached hydrogen (secondary N) is 1. The van der Waals surface area contributed by atoms with Crippen LogP contribution in [0.3, 0.4) is 0 Å². The van der Waals surface area contributed by atoms with Gasteiger partial charge in [0, 0.05) is 6.54 Å². The minimum Gasteiger partial charge on any atom is -0.383 e. The monoisotopic (exact) mass is 222 g/mol. The lowest BCUT2D eigenvalue weighted by Gasteiger charge is -2.07. The Morgan fingerprint density at radius 1 is 1.38 bits per heavy atom. The van der Waals surface area contributed by atoms with Gasteiger partial charge in [0.1, 0.15) is 6.10 Å². The van der Waals surface area contributed by atoms with Gasteiger partial charge >= 0.3 is 0 Å². The van der Waals surface area contributed by atoms with Crippen LogP contribution in [-0.2, 0) is 11.3 Å². The fourth-order valence-corrected chi connectivity index (χ4v) is 1.39. The van der Waals surface area contributed by atoms with Gasteiger partial charge in [-0.25, -0.2) is 0 Å². The highest BCUT2D eigenvalue weighted by Crippen LogP contribution is 1.98. The molecule has 0 heterocycles. The molecule has 4 N–H and O–H groups in total. The van der Waals surface area contributed by atoms with Crippen LogP contribution >= 0.6 is 0 Å². The van der Waals surface area contributed by atoms with Gasteiger partial charge < -0.3 is 16.2 Å². The van der Waals surface area contributed by atoms with Crippen molar-refractivity contribution in [3.05, 3.63) is 35.9 Å². The van der Waals surface area contributed by atoms with Crippen LogP contribution in [0.25, 0.3) is 0 Å². The Morgan fingerprint density at radius 3 is 2.69 bits per heavy atom. The molecule has 1 rings (SSSR count). The number of rotatable bonds is 7. The molecule has 0 aliphatic rings. The number of benzene rings is 1. The third-order valence-corrected chi connectivity index (χ3v) is 2.33. The number of amides is 1. The van der Waals surface area contributed by atoms with Crippen molar-refractivity contribution in [2.45, 2.75) is 25.5 Å². The summed E-state index contributed by atoms with van der Waals surface area (Å²) in [5.74, 6) is -0.650. The first-order valence-corrected chi connectivity index (χ1v) is 5.42. The van der Waals surface area contributed by atoms with Crippen LogP contribution in [0.2, 0.25) is 0 Å². The number of aliphatic hydroxyl groups excluding tert-OH is 1. The van der Waals surface area contributed by atoms with Crippen molar-refractivity contribution in [3.8, 4) is 0 Å². The number of carbonyl (C=O) groups is 1. The summed E-state index contributed by atoms with van der Waals surface area (Å²) in [6.45, 7) is 1.56. The van der Waals surface area contributed by atoms with Crippen LogP contribution in [0.4, 0.5) is 0 Å². The summed E-state index contributed by atoms with van der Waals surface area (Å²) in [5.41, 5.74) is 6.15. The molecule has 1 atom stereocenters. The maximum Gasteiger partial charge on any atom is 0.246 e. The molecule has 0 fully saturated rings. The molecule has 16 heavy (non-hydrogen) atoms. The Labute approximate surface area is 95.5 Å². The number of hydrogen-bond acceptors (Lipinski definition) is 3. The minimum absolute atomic E-state index is 0.414. The Kier molecular flexibility index (Phi) is 5.53. The predicted octanol–water partition coefficient (Wildman–Crippen LogP) is 0.403. The van der Waals surface area contributed by atoms with Gasteiger partial charge in [0.25, 0.3) is 0 Å². The largest absolute Gasteiger partial charge is 0.383 e. The summed E-state index contributed by atoms with van der Waals surface area (Å²) in [6.07, 6.45) is 0.132. The van der Waals surface area contributed by atoms with E-state index in [1.165, 1.54) is 5.56 Å². The molecule has 0 saturated carbocycles. The molecule has 1 aromatic carbocycles. The second kappa shape index (κ2) is 6.98. The molecule has 0 spiro atoms. The molecule has 0 aliphatic heterocycles. The lowest BCUT2D eigenvalue weighted by molar-refractivity contribution is -0.126. The maximum absolute atomic E-state index is 10.5. The molecule has 4 heteroatoms. The summed E-state index contributed by atoms with van der Waals surface area (Å²) in [6, 6.07) is 10.1. The predicted molar refractivity (Wildman–Crippen MR) is 62.6 cm³/mol. The first-order chi connectivity index (χ1) is 7.70. The van der Waals surface area contributed by atoms with E-state index < -0.39 is 12.0 Å². The lowest BCUT2D eigenvalue weighted by atomic mass is 10.2. The van der Waals surface area contributed by atoms with E-state index in [0.717, 1.165) is 19.5 Å². The number of primary amides is 1. The average Bonchev–Trinajstić information content (AvgIpc) is 2.29. The van der Waals surface area contributed by atoms with E-state index in [2.05, 4.69) is 5.32 Å². The van der Waals surface area contributed by atoms with E-state index in [0.29, 0.717) is 6.42 Å². The van der Waals surface area contributed by atoms with Crippen LogP contribution in [0.15, 0.2) is 30.3 Å². The lowest BCUT2D eigenvalue weighted by Crippen LogP contribution is -2.29. The zero-order valence-electron chi connectivity index (χ0n) is 9.23. The first kappa shape index (κ1) is 12.7. The topological polar surface area (TPSA) is 75.4 Å². The SMILES string of the molecule is NC(=O)[C@@H](O)CCCNCc1ccccc1. The van der Waals surface area contributed by atoms with Gasteiger partial charge in [0.05, 0.1) is 0 Å². The van der Waals surface area contributed by atoms with Crippen molar-refractivity contribution in [2.24, 2.45) is 5.73 Å². The third kappa shape index (κ3) is 4.91. The fourth-order valence-electron chi connectivity index (χ4n) is 1.39. The Morgan fingerprint density at radius 2 is 2.06 bits per heavy atom. The van der Waals surface area contributed by atoms with Crippen molar-refractivity contribution in [2.75, 3.05) is 6.54 Å². The summed E-state index contributed by atoms with van der Waals surface area (Å²) in [5, 5.41) is 12.4. The van der Waals surface area contributed by atoms with Gasteiger partial charge in [-0.3, -0.25) is 4.79 Å². The van der Waals surface area contributed by atoms with Gasteiger partial charge in [-0.15, -0.1) is 0 Å². The van der Waals surface area contributed by atoms with Crippen LogP contribution in [0, 0.1) is 0 Å². The zero-order valence-corrected chi connectivity index (χ0v) is 9.23. The van der Waals surface area contributed by atoms with Crippen LogP contribution in [-0.4, -0.2) is 23.7 Å². The zero-order chi connectivity index (χ0) is 11.8. The number of nitrogens with two attached hydrogens (primary N) is 1. The molecule has 4 nitrogen and oxygen atoms in total. The quantitative estimate of drug-likeness (QED) is 0.585. The fraction of sp³-hybridized carbons (Fsp3) is 0.417. The van der Waals surface area contributed by atoms with E-state index in [9.17, 15) is 4.79 Å². The first-order valence-electron chi connectivity index (χ1n) is 5.42. The van der Waals surface area contributed by atoms with Crippen molar-refractivity contribution in [1.29, 1.82) is 0 Å². The normalized spacial score (nSPS) is 12.3. The second-order valence-electron chi connectivity index (χ2n) is 3.72. The highest BCUT2D eigenvalue weighted by molar-refractivity contribution is 5.78. The molecule has 0 bridgehead atoms. The second-order valence-corrected chi connectivity index (χ2v) is 3.72. The Balaban J connectivity index is 2.07. The number of hydrogen-bond donors (Lipinski definition) is 3. The van der Waals surface area contributed by atoms with Crippen LogP contribution in [0.1, 0.15) is 18.4 Å². The summed E-state index contributed by atoms with van der Waals surface area (Å²) in [4.78, 5) is 10.5. The van der Waals surface area contributed by atoms with E-state index in [4.69, 9.17) is 10.8 Å². The number of aliphatic hydroxyl groups is 1. The van der Waals surface area contributed by atoms with Gasteiger partial charge in [-0.2, -0.15) is 0 Å². The van der Waals surface area contributed by atoms with Crippen molar-refractivity contribution in [3.63, 3.8) is 0 Å². The van der Waals surface area contributed by atoms with E-state index in [1.807, 2.05) is 30.3 Å². The Hall–Kier alpha value is -1.39. The number of carbonyl (C=O) groups excluding carboxylic acids is 1. The van der Waals surface area contributed by atoms with Crippen LogP contribution in [0.5, 0.6) is 0 Å². The summed E-state index contributed by atoms with van der Waals surface area (Å²) < 4.78 is 0. The van der Waals surface area contributed by atoms with Gasteiger partial charge in [-0.1, -0.05) is 30.3 Å². The molecule has 0 radical (unpaired) electrons. The van der Waals surface area contributed by atoms with Crippen LogP contribution < -0.4 is 11.1 Å². The summed E-state index contributed by atoms with van der Waals surface area (Å²) >= 11 is 0. The van der Waals surface area contributed by atoms with Crippen molar-refractivity contribution >= 4 is 5.91 Å². The molecule has 0 aromatic heterocycles. The smallest absolute Gasteiger partial charge is 0.246 e. The average molecular weight is 222 g/mol. The van der Waals surface area contributed by atoms with Crippen molar-refractivity contribution in [1.82, 2.24) is 5.32 Å². The highest BCUT2D eigenvalue weighted by atomic mass is 16.3. The van der Waals surface area contributed by atoms with Gasteiger partial charge in [0.15, 0.2) is 0 Å². The molecular formula is C12H18N2O2. The van der Waals surface area contributed by atoms with Gasteiger partial charge in [0.2, 0.25) is 5.91 Å². The Bertz CT molecular complexity index is 314. The van der Waals surface area contributed by atoms with E-state index >= 15 is 0 Å². The molecule has 0 aliphatic carbocycles. The molecule has 1 aromatic rings. The molecular weight excluding hydrogens is 204 g/mol. The highest BCUT2D eigenvalue weighted by Gasteiger charge is 2.08. The maximum atomic E-state index is 10.5.